The fraction of sp³-hybridized carbons (Fsp3) is 0.143. The van der Waals surface area contributed by atoms with Crippen LogP contribution in [0.25, 0.3) is 0 Å². The first-order valence-electron chi connectivity index (χ1n) is 5.76. The van der Waals surface area contributed by atoms with Crippen molar-refractivity contribution in [3.8, 4) is 0 Å². The number of thioether (sulfide) groups is 1. The summed E-state index contributed by atoms with van der Waals surface area (Å²) in [5.74, 6) is 0.906. The summed E-state index contributed by atoms with van der Waals surface area (Å²) < 4.78 is 0.934. The van der Waals surface area contributed by atoms with E-state index in [1.54, 1.807) is 6.07 Å². The van der Waals surface area contributed by atoms with Crippen LogP contribution in [0.15, 0.2) is 51.8 Å². The van der Waals surface area contributed by atoms with Crippen LogP contribution in [0.2, 0.25) is 0 Å². The summed E-state index contributed by atoms with van der Waals surface area (Å²) in [5, 5.41) is 2.79. The van der Waals surface area contributed by atoms with Crippen LogP contribution in [0, 0.1) is 6.92 Å². The number of anilines is 1. The summed E-state index contributed by atoms with van der Waals surface area (Å²) in [7, 11) is 0. The fourth-order valence-electron chi connectivity index (χ4n) is 1.46. The Kier molecular flexibility index (Phi) is 4.99. The van der Waals surface area contributed by atoms with Gasteiger partial charge in [-0.1, -0.05) is 18.2 Å². The maximum absolute atomic E-state index is 11.8. The number of benzene rings is 1. The Bertz CT molecular complexity index is 575. The second-order valence-electron chi connectivity index (χ2n) is 3.91. The van der Waals surface area contributed by atoms with Crippen molar-refractivity contribution in [2.75, 3.05) is 11.1 Å². The maximum atomic E-state index is 11.8. The molecule has 0 radical (unpaired) electrons. The first kappa shape index (κ1) is 14.1. The van der Waals surface area contributed by atoms with Crippen LogP contribution < -0.4 is 5.32 Å². The molecule has 0 aliphatic rings. The zero-order chi connectivity index (χ0) is 13.7. The van der Waals surface area contributed by atoms with Crippen molar-refractivity contribution in [1.29, 1.82) is 0 Å². The van der Waals surface area contributed by atoms with Crippen LogP contribution in [-0.2, 0) is 4.79 Å². The third-order valence-corrected chi connectivity index (χ3v) is 4.25. The molecule has 98 valence electrons. The van der Waals surface area contributed by atoms with E-state index in [-0.39, 0.29) is 5.91 Å². The van der Waals surface area contributed by atoms with Crippen LogP contribution in [0.4, 0.5) is 5.82 Å². The molecule has 0 bridgehead atoms. The number of halogens is 1. The van der Waals surface area contributed by atoms with Crippen LogP contribution in [0.3, 0.4) is 0 Å². The number of aryl methyl sites for hydroxylation is 1. The average molecular weight is 337 g/mol. The number of rotatable bonds is 4. The smallest absolute Gasteiger partial charge is 0.235 e. The second kappa shape index (κ2) is 6.73. The Labute approximate surface area is 125 Å². The van der Waals surface area contributed by atoms with E-state index in [1.807, 2.05) is 43.3 Å². The molecular formula is C14H13BrN2OS. The Morgan fingerprint density at radius 2 is 2.00 bits per heavy atom. The van der Waals surface area contributed by atoms with Crippen LogP contribution >= 0.6 is 27.7 Å². The highest BCUT2D eigenvalue weighted by Gasteiger charge is 2.05. The van der Waals surface area contributed by atoms with E-state index < -0.39 is 0 Å². The molecule has 0 aliphatic carbocycles. The van der Waals surface area contributed by atoms with Gasteiger partial charge < -0.3 is 5.32 Å². The minimum absolute atomic E-state index is 0.0527. The first-order valence-corrected chi connectivity index (χ1v) is 7.54. The van der Waals surface area contributed by atoms with E-state index in [9.17, 15) is 4.79 Å². The summed E-state index contributed by atoms with van der Waals surface area (Å²) in [6.45, 7) is 1.89. The molecular weight excluding hydrogens is 324 g/mol. The lowest BCUT2D eigenvalue weighted by Crippen LogP contribution is -2.15. The van der Waals surface area contributed by atoms with Crippen molar-refractivity contribution in [2.45, 2.75) is 11.8 Å². The molecule has 0 atom stereocenters. The molecule has 3 nitrogen and oxygen atoms in total. The summed E-state index contributed by atoms with van der Waals surface area (Å²) in [4.78, 5) is 17.2. The minimum Gasteiger partial charge on any atom is -0.310 e. The number of amides is 1. The molecule has 0 spiro atoms. The third kappa shape index (κ3) is 4.36. The predicted octanol–water partition coefficient (Wildman–Crippen LogP) is 3.88. The van der Waals surface area contributed by atoms with Crippen molar-refractivity contribution in [3.63, 3.8) is 0 Å². The van der Waals surface area contributed by atoms with E-state index in [1.165, 1.54) is 11.8 Å². The van der Waals surface area contributed by atoms with Crippen LogP contribution in [-0.4, -0.2) is 16.6 Å². The highest BCUT2D eigenvalue weighted by atomic mass is 79.9. The normalized spacial score (nSPS) is 10.2. The molecule has 19 heavy (non-hydrogen) atoms. The molecule has 1 aromatic carbocycles. The Morgan fingerprint density at radius 3 is 2.68 bits per heavy atom. The maximum Gasteiger partial charge on any atom is 0.235 e. The quantitative estimate of drug-likeness (QED) is 0.861. The first-order chi connectivity index (χ1) is 9.15. The standard InChI is InChI=1S/C14H13BrN2OS/c1-10-12(15)7-8-13(16-10)17-14(18)9-19-11-5-3-2-4-6-11/h2-8H,9H2,1H3,(H,16,17,18). The van der Waals surface area contributed by atoms with Gasteiger partial charge in [0.25, 0.3) is 0 Å². The number of nitrogens with zero attached hydrogens (tertiary/aromatic N) is 1. The van der Waals surface area contributed by atoms with Crippen molar-refractivity contribution in [1.82, 2.24) is 4.98 Å². The minimum atomic E-state index is -0.0527. The van der Waals surface area contributed by atoms with E-state index in [4.69, 9.17) is 0 Å². The van der Waals surface area contributed by atoms with Crippen LogP contribution in [0.1, 0.15) is 5.69 Å². The second-order valence-corrected chi connectivity index (χ2v) is 5.82. The van der Waals surface area contributed by atoms with Gasteiger partial charge in [0.1, 0.15) is 5.82 Å². The van der Waals surface area contributed by atoms with Crippen molar-refractivity contribution in [3.05, 3.63) is 52.6 Å². The molecule has 0 saturated carbocycles. The zero-order valence-corrected chi connectivity index (χ0v) is 12.8. The number of hydrogen-bond acceptors (Lipinski definition) is 3. The van der Waals surface area contributed by atoms with E-state index in [2.05, 4.69) is 26.2 Å². The van der Waals surface area contributed by atoms with Gasteiger partial charge in [-0.2, -0.15) is 0 Å². The van der Waals surface area contributed by atoms with Crippen molar-refractivity contribution < 1.29 is 4.79 Å². The molecule has 2 rings (SSSR count). The monoisotopic (exact) mass is 336 g/mol. The topological polar surface area (TPSA) is 42.0 Å². The van der Waals surface area contributed by atoms with Gasteiger partial charge in [0, 0.05) is 9.37 Å². The lowest BCUT2D eigenvalue weighted by Gasteiger charge is -2.06. The summed E-state index contributed by atoms with van der Waals surface area (Å²) in [6, 6.07) is 13.5. The molecule has 0 aliphatic heterocycles. The summed E-state index contributed by atoms with van der Waals surface area (Å²) >= 11 is 4.88. The molecule has 1 amide bonds. The Balaban J connectivity index is 1.89. The van der Waals surface area contributed by atoms with Gasteiger partial charge in [0.05, 0.1) is 11.4 Å². The lowest BCUT2D eigenvalue weighted by molar-refractivity contribution is -0.113. The predicted molar refractivity (Wildman–Crippen MR) is 82.5 cm³/mol. The Morgan fingerprint density at radius 1 is 1.26 bits per heavy atom. The fourth-order valence-corrected chi connectivity index (χ4v) is 2.40. The van der Waals surface area contributed by atoms with E-state index >= 15 is 0 Å². The zero-order valence-electron chi connectivity index (χ0n) is 10.4. The summed E-state index contributed by atoms with van der Waals surface area (Å²) in [5.41, 5.74) is 0.855. The number of carbonyl (C=O) groups excluding carboxylic acids is 1. The van der Waals surface area contributed by atoms with Crippen LogP contribution in [0.5, 0.6) is 0 Å². The third-order valence-electron chi connectivity index (χ3n) is 2.40. The van der Waals surface area contributed by atoms with Gasteiger partial charge >= 0.3 is 0 Å². The van der Waals surface area contributed by atoms with Gasteiger partial charge in [-0.25, -0.2) is 4.98 Å². The van der Waals surface area contributed by atoms with E-state index in [0.29, 0.717) is 11.6 Å². The molecule has 1 heterocycles. The molecule has 0 saturated heterocycles. The molecule has 1 aromatic heterocycles. The number of hydrogen-bond donors (Lipinski definition) is 1. The molecule has 2 aromatic rings. The van der Waals surface area contributed by atoms with E-state index in [0.717, 1.165) is 15.1 Å². The molecule has 1 N–H and O–H groups in total. The van der Waals surface area contributed by atoms with Gasteiger partial charge in [-0.15, -0.1) is 11.8 Å². The number of carbonyl (C=O) groups is 1. The summed E-state index contributed by atoms with van der Waals surface area (Å²) in [6.07, 6.45) is 0. The number of pyridine rings is 1. The van der Waals surface area contributed by atoms with Gasteiger partial charge in [0.2, 0.25) is 5.91 Å². The highest BCUT2D eigenvalue weighted by molar-refractivity contribution is 9.10. The number of nitrogens with one attached hydrogen (secondary N) is 1. The SMILES string of the molecule is Cc1nc(NC(=O)CSc2ccccc2)ccc1Br. The molecule has 5 heteroatoms. The molecule has 0 unspecified atom stereocenters. The van der Waals surface area contributed by atoms with Gasteiger partial charge in [-0.3, -0.25) is 4.79 Å². The van der Waals surface area contributed by atoms with Gasteiger partial charge in [0.15, 0.2) is 0 Å². The van der Waals surface area contributed by atoms with Crippen molar-refractivity contribution in [2.24, 2.45) is 0 Å². The Hall–Kier alpha value is -1.33. The average Bonchev–Trinajstić information content (AvgIpc) is 2.42. The lowest BCUT2D eigenvalue weighted by atomic mass is 10.4. The van der Waals surface area contributed by atoms with Crippen molar-refractivity contribution >= 4 is 39.4 Å². The highest BCUT2D eigenvalue weighted by Crippen LogP contribution is 2.18. The number of aromatic nitrogens is 1. The van der Waals surface area contributed by atoms with Gasteiger partial charge in [-0.05, 0) is 47.1 Å². The largest absolute Gasteiger partial charge is 0.310 e. The molecule has 0 fully saturated rings.